The lowest BCUT2D eigenvalue weighted by molar-refractivity contribution is 0.603. The van der Waals surface area contributed by atoms with Crippen LogP contribution in [0.2, 0.25) is 0 Å². The highest BCUT2D eigenvalue weighted by atomic mass is 32.4. The minimum Gasteiger partial charge on any atom is -0.314 e. The Hall–Kier alpha value is -0.440. The number of aromatic nitrogens is 2. The Kier molecular flexibility index (Phi) is 4.78. The molecular weight excluding hydrogens is 339 g/mol. The summed E-state index contributed by atoms with van der Waals surface area (Å²) in [5.41, 5.74) is 2.37. The van der Waals surface area contributed by atoms with Crippen LogP contribution in [0.5, 0.6) is 0 Å². The van der Waals surface area contributed by atoms with Gasteiger partial charge in [-0.25, -0.2) is 0 Å². The largest absolute Gasteiger partial charge is 0.314 e. The summed E-state index contributed by atoms with van der Waals surface area (Å²) < 4.78 is 5.46. The fraction of sp³-hybridized carbons (Fsp3) is 0.611. The molecule has 0 N–H and O–H groups in total. The quantitative estimate of drug-likeness (QED) is 0.437. The van der Waals surface area contributed by atoms with Gasteiger partial charge in [0.2, 0.25) is 0 Å². The zero-order valence-electron chi connectivity index (χ0n) is 15.5. The van der Waals surface area contributed by atoms with Gasteiger partial charge in [0, 0.05) is 16.4 Å². The van der Waals surface area contributed by atoms with Crippen LogP contribution >= 0.6 is 18.4 Å². The van der Waals surface area contributed by atoms with Crippen molar-refractivity contribution in [1.29, 1.82) is 0 Å². The van der Waals surface area contributed by atoms with E-state index in [-0.39, 0.29) is 10.3 Å². The third kappa shape index (κ3) is 2.77. The third-order valence-corrected chi connectivity index (χ3v) is 13.3. The van der Waals surface area contributed by atoms with Crippen molar-refractivity contribution in [3.8, 4) is 0 Å². The first kappa shape index (κ1) is 18.9. The Morgan fingerprint density at radius 3 is 1.74 bits per heavy atom. The number of benzene rings is 1. The van der Waals surface area contributed by atoms with Gasteiger partial charge >= 0.3 is 0 Å². The molecule has 23 heavy (non-hydrogen) atoms. The number of para-hydroxylation sites is 2. The van der Waals surface area contributed by atoms with Gasteiger partial charge in [0.05, 0.1) is 17.2 Å². The van der Waals surface area contributed by atoms with E-state index in [9.17, 15) is 0 Å². The zero-order valence-corrected chi connectivity index (χ0v) is 18.1. The lowest BCUT2D eigenvalue weighted by Crippen LogP contribution is -2.32. The minimum absolute atomic E-state index is 0.00918. The number of imidazole rings is 1. The summed E-state index contributed by atoms with van der Waals surface area (Å²) >= 11 is 12.4. The van der Waals surface area contributed by atoms with Crippen molar-refractivity contribution >= 4 is 41.2 Å². The Bertz CT molecular complexity index is 811. The van der Waals surface area contributed by atoms with E-state index in [2.05, 4.69) is 88.6 Å². The minimum atomic E-state index is -2.02. The predicted octanol–water partition coefficient (Wildman–Crippen LogP) is 6.59. The van der Waals surface area contributed by atoms with Crippen LogP contribution in [0.3, 0.4) is 0 Å². The molecule has 0 saturated carbocycles. The third-order valence-electron chi connectivity index (χ3n) is 4.37. The van der Waals surface area contributed by atoms with E-state index in [1.54, 1.807) is 0 Å². The average molecular weight is 369 g/mol. The van der Waals surface area contributed by atoms with Crippen molar-refractivity contribution in [2.24, 2.45) is 0 Å². The summed E-state index contributed by atoms with van der Waals surface area (Å²) in [5.74, 6) is 0. The van der Waals surface area contributed by atoms with Gasteiger partial charge in [-0.05, 0) is 38.2 Å². The second-order valence-corrected chi connectivity index (χ2v) is 14.7. The van der Waals surface area contributed by atoms with E-state index < -0.39 is 6.19 Å². The summed E-state index contributed by atoms with van der Waals surface area (Å²) in [7, 11) is 0. The number of nitrogens with zero attached hydrogens (tertiary/aromatic N) is 2. The van der Waals surface area contributed by atoms with Gasteiger partial charge in [-0.3, -0.25) is 4.34 Å². The van der Waals surface area contributed by atoms with Gasteiger partial charge in [0.15, 0.2) is 4.77 Å². The molecule has 0 bridgehead atoms. The van der Waals surface area contributed by atoms with Gasteiger partial charge in [0.25, 0.3) is 0 Å². The van der Waals surface area contributed by atoms with Crippen molar-refractivity contribution in [2.45, 2.75) is 71.7 Å². The van der Waals surface area contributed by atoms with Crippen molar-refractivity contribution in [1.82, 2.24) is 8.90 Å². The van der Waals surface area contributed by atoms with Gasteiger partial charge in [0.1, 0.15) is 0 Å². The monoisotopic (exact) mass is 368 g/mol. The second kappa shape index (κ2) is 5.82. The second-order valence-electron chi connectivity index (χ2n) is 8.46. The van der Waals surface area contributed by atoms with Crippen molar-refractivity contribution in [2.75, 3.05) is 0 Å². The Labute approximate surface area is 151 Å². The highest BCUT2D eigenvalue weighted by Crippen LogP contribution is 2.68. The molecular formula is C18H29N2PS2. The molecule has 0 aliphatic heterocycles. The molecule has 0 fully saturated rings. The summed E-state index contributed by atoms with van der Waals surface area (Å²) in [6, 6.07) is 8.81. The number of fused-ring (bicyclic) bond motifs is 1. The van der Waals surface area contributed by atoms with Crippen LogP contribution in [-0.2, 0) is 11.8 Å². The van der Waals surface area contributed by atoms with Gasteiger partial charge in [-0.1, -0.05) is 65.5 Å². The van der Waals surface area contributed by atoms with Crippen LogP contribution in [0.1, 0.15) is 61.4 Å². The first-order valence-electron chi connectivity index (χ1n) is 8.17. The van der Waals surface area contributed by atoms with E-state index >= 15 is 0 Å². The Balaban J connectivity index is 3.07. The van der Waals surface area contributed by atoms with Gasteiger partial charge in [-0.15, -0.1) is 0 Å². The highest BCUT2D eigenvalue weighted by Gasteiger charge is 2.44. The normalized spacial score (nSPS) is 14.0. The zero-order chi connectivity index (χ0) is 17.8. The molecule has 0 unspecified atom stereocenters. The van der Waals surface area contributed by atoms with E-state index in [1.165, 1.54) is 11.0 Å². The lowest BCUT2D eigenvalue weighted by Gasteiger charge is -2.45. The molecule has 2 nitrogen and oxygen atoms in total. The van der Waals surface area contributed by atoms with Crippen LogP contribution in [0.15, 0.2) is 24.3 Å². The van der Waals surface area contributed by atoms with Crippen LogP contribution in [0, 0.1) is 4.77 Å². The predicted molar refractivity (Wildman–Crippen MR) is 110 cm³/mol. The van der Waals surface area contributed by atoms with Crippen LogP contribution in [0.4, 0.5) is 0 Å². The molecule has 1 heterocycles. The fourth-order valence-electron chi connectivity index (χ4n) is 3.53. The fourth-order valence-corrected chi connectivity index (χ4v) is 8.98. The molecule has 0 spiro atoms. The molecule has 1 aromatic heterocycles. The maximum absolute atomic E-state index is 6.45. The SMILES string of the molecule is CC(C)n1c(=S)n(P(=S)(C(C)(C)C)C(C)(C)C)c2ccccc21. The molecule has 5 heteroatoms. The molecule has 0 amide bonds. The van der Waals surface area contributed by atoms with Gasteiger partial charge < -0.3 is 4.57 Å². The summed E-state index contributed by atoms with van der Waals surface area (Å²) in [5, 5.41) is -0.0184. The standard InChI is InChI=1S/C18H29N2PS2/c1-13(2)19-14-11-9-10-12-15(14)20(16(19)22)21(23,17(3,4)5)18(6,7)8/h9-13H,1-8H3. The summed E-state index contributed by atoms with van der Waals surface area (Å²) in [4.78, 5) is 0. The Morgan fingerprint density at radius 1 is 0.913 bits per heavy atom. The molecule has 0 aliphatic carbocycles. The van der Waals surface area contributed by atoms with Crippen LogP contribution < -0.4 is 0 Å². The van der Waals surface area contributed by atoms with Crippen molar-refractivity contribution < 1.29 is 0 Å². The molecule has 2 rings (SSSR count). The lowest BCUT2D eigenvalue weighted by atomic mass is 10.2. The van der Waals surface area contributed by atoms with E-state index in [1.807, 2.05) is 0 Å². The van der Waals surface area contributed by atoms with Crippen LogP contribution in [0.25, 0.3) is 11.0 Å². The van der Waals surface area contributed by atoms with E-state index in [0.717, 1.165) is 4.77 Å². The molecule has 0 atom stereocenters. The van der Waals surface area contributed by atoms with E-state index in [0.29, 0.717) is 6.04 Å². The highest BCUT2D eigenvalue weighted by molar-refractivity contribution is 8.15. The van der Waals surface area contributed by atoms with Gasteiger partial charge in [-0.2, -0.15) is 0 Å². The topological polar surface area (TPSA) is 9.86 Å². The molecule has 1 aromatic carbocycles. The average Bonchev–Trinajstić information content (AvgIpc) is 2.67. The summed E-state index contributed by atoms with van der Waals surface area (Å²) in [6.07, 6.45) is -2.02. The first-order chi connectivity index (χ1) is 10.3. The maximum atomic E-state index is 6.45. The smallest absolute Gasteiger partial charge is 0.185 e. The first-order valence-corrected chi connectivity index (χ1v) is 11.3. The number of rotatable bonds is 2. The number of hydrogen-bond donors (Lipinski definition) is 0. The molecule has 0 aliphatic rings. The van der Waals surface area contributed by atoms with Crippen molar-refractivity contribution in [3.05, 3.63) is 29.0 Å². The van der Waals surface area contributed by atoms with Crippen molar-refractivity contribution in [3.63, 3.8) is 0 Å². The molecule has 128 valence electrons. The summed E-state index contributed by atoms with van der Waals surface area (Å²) in [6.45, 7) is 18.0. The number of hydrogen-bond acceptors (Lipinski definition) is 2. The van der Waals surface area contributed by atoms with Crippen LogP contribution in [-0.4, -0.2) is 19.2 Å². The molecule has 0 radical (unpaired) electrons. The van der Waals surface area contributed by atoms with E-state index in [4.69, 9.17) is 24.0 Å². The maximum Gasteiger partial charge on any atom is 0.185 e. The molecule has 0 saturated heterocycles. The Morgan fingerprint density at radius 2 is 1.35 bits per heavy atom. The molecule has 2 aromatic rings.